The number of thiophene rings is 1. The molecule has 0 bridgehead atoms. The predicted molar refractivity (Wildman–Crippen MR) is 96.0 cm³/mol. The van der Waals surface area contributed by atoms with Crippen LogP contribution in [0.1, 0.15) is 22.8 Å². The van der Waals surface area contributed by atoms with Gasteiger partial charge >= 0.3 is 0 Å². The van der Waals surface area contributed by atoms with E-state index in [1.165, 1.54) is 5.56 Å². The molecule has 0 atom stereocenters. The summed E-state index contributed by atoms with van der Waals surface area (Å²) in [5, 5.41) is 15.4. The molecule has 0 aliphatic rings. The maximum absolute atomic E-state index is 12.2. The largest absolute Gasteiger partial charge is 0.351 e. The molecule has 1 aromatic carbocycles. The van der Waals surface area contributed by atoms with Gasteiger partial charge < -0.3 is 5.32 Å². The summed E-state index contributed by atoms with van der Waals surface area (Å²) >= 11 is 3.54. The summed E-state index contributed by atoms with van der Waals surface area (Å²) in [4.78, 5) is 12.2. The Labute approximate surface area is 143 Å². The first-order valence-electron chi connectivity index (χ1n) is 7.48. The van der Waals surface area contributed by atoms with Crippen LogP contribution in [0, 0.1) is 0 Å². The van der Waals surface area contributed by atoms with Crippen LogP contribution in [0.4, 0.5) is 0 Å². The van der Waals surface area contributed by atoms with Crippen molar-refractivity contribution in [3.05, 3.63) is 46.2 Å². The minimum Gasteiger partial charge on any atom is -0.351 e. The Balaban J connectivity index is 1.50. The van der Waals surface area contributed by atoms with Crippen molar-refractivity contribution in [2.45, 2.75) is 19.2 Å². The number of nitrogens with zero attached hydrogens (tertiary/aromatic N) is 3. The fraction of sp³-hybridized carbons (Fsp3) is 0.312. The van der Waals surface area contributed by atoms with E-state index in [1.54, 1.807) is 17.4 Å². The molecule has 0 aliphatic heterocycles. The van der Waals surface area contributed by atoms with Gasteiger partial charge in [0.05, 0.1) is 5.52 Å². The molecule has 23 heavy (non-hydrogen) atoms. The third kappa shape index (κ3) is 3.92. The molecule has 0 saturated heterocycles. The number of amides is 1. The van der Waals surface area contributed by atoms with Crippen LogP contribution in [0.2, 0.25) is 0 Å². The second kappa shape index (κ2) is 7.61. The summed E-state index contributed by atoms with van der Waals surface area (Å²) in [6.45, 7) is 3.44. The van der Waals surface area contributed by atoms with Gasteiger partial charge in [-0.2, -0.15) is 23.1 Å². The molecule has 2 aromatic heterocycles. The Kier molecular flexibility index (Phi) is 5.30. The van der Waals surface area contributed by atoms with E-state index in [4.69, 9.17) is 0 Å². The van der Waals surface area contributed by atoms with Gasteiger partial charge in [0, 0.05) is 30.2 Å². The van der Waals surface area contributed by atoms with Crippen molar-refractivity contribution in [3.8, 4) is 0 Å². The number of carbonyl (C=O) groups is 1. The molecule has 2 heterocycles. The van der Waals surface area contributed by atoms with Gasteiger partial charge in [0.1, 0.15) is 5.52 Å². The van der Waals surface area contributed by atoms with E-state index in [-0.39, 0.29) is 5.91 Å². The molecule has 0 fully saturated rings. The van der Waals surface area contributed by atoms with Crippen molar-refractivity contribution in [2.75, 3.05) is 12.3 Å². The summed E-state index contributed by atoms with van der Waals surface area (Å²) in [5.41, 5.74) is 3.68. The first-order valence-corrected chi connectivity index (χ1v) is 9.58. The second-order valence-electron chi connectivity index (χ2n) is 5.05. The summed E-state index contributed by atoms with van der Waals surface area (Å²) in [6, 6.07) is 7.65. The standard InChI is InChI=1S/C16H18N4OS2/c1-2-20-15-4-3-13(9-14(15)18-19-20)16(21)17-6-8-23-11-12-5-7-22-10-12/h3-5,7,9-10H,2,6,8,11H2,1H3,(H,17,21). The van der Waals surface area contributed by atoms with Gasteiger partial charge in [-0.3, -0.25) is 4.79 Å². The highest BCUT2D eigenvalue weighted by Crippen LogP contribution is 2.15. The number of carbonyl (C=O) groups excluding carboxylic acids is 1. The highest BCUT2D eigenvalue weighted by molar-refractivity contribution is 7.98. The van der Waals surface area contributed by atoms with Gasteiger partial charge in [-0.1, -0.05) is 5.21 Å². The number of hydrogen-bond acceptors (Lipinski definition) is 5. The van der Waals surface area contributed by atoms with Crippen LogP contribution in [0.15, 0.2) is 35.0 Å². The van der Waals surface area contributed by atoms with E-state index in [9.17, 15) is 4.79 Å². The van der Waals surface area contributed by atoms with Crippen LogP contribution >= 0.6 is 23.1 Å². The van der Waals surface area contributed by atoms with E-state index in [1.807, 2.05) is 35.5 Å². The minimum atomic E-state index is -0.0610. The maximum Gasteiger partial charge on any atom is 0.251 e. The molecule has 0 radical (unpaired) electrons. The maximum atomic E-state index is 12.2. The zero-order valence-electron chi connectivity index (χ0n) is 12.9. The normalized spacial score (nSPS) is 11.0. The summed E-state index contributed by atoms with van der Waals surface area (Å²) in [6.07, 6.45) is 0. The van der Waals surface area contributed by atoms with Gasteiger partial charge in [0.25, 0.3) is 5.91 Å². The smallest absolute Gasteiger partial charge is 0.251 e. The van der Waals surface area contributed by atoms with Crippen molar-refractivity contribution in [3.63, 3.8) is 0 Å². The third-order valence-electron chi connectivity index (χ3n) is 3.46. The van der Waals surface area contributed by atoms with Crippen molar-refractivity contribution >= 4 is 40.0 Å². The zero-order valence-corrected chi connectivity index (χ0v) is 14.5. The average Bonchev–Trinajstić information content (AvgIpc) is 3.22. The zero-order chi connectivity index (χ0) is 16.1. The Morgan fingerprint density at radius 3 is 3.09 bits per heavy atom. The van der Waals surface area contributed by atoms with Gasteiger partial charge in [0.15, 0.2) is 0 Å². The number of fused-ring (bicyclic) bond motifs is 1. The Morgan fingerprint density at radius 2 is 2.30 bits per heavy atom. The first-order chi connectivity index (χ1) is 11.3. The lowest BCUT2D eigenvalue weighted by atomic mass is 10.2. The van der Waals surface area contributed by atoms with Gasteiger partial charge in [-0.15, -0.1) is 5.10 Å². The molecule has 1 N–H and O–H groups in total. The average molecular weight is 346 g/mol. The number of thioether (sulfide) groups is 1. The fourth-order valence-electron chi connectivity index (χ4n) is 2.25. The lowest BCUT2D eigenvalue weighted by molar-refractivity contribution is 0.0956. The summed E-state index contributed by atoms with van der Waals surface area (Å²) in [7, 11) is 0. The van der Waals surface area contributed by atoms with E-state index >= 15 is 0 Å². The molecular formula is C16H18N4OS2. The number of benzene rings is 1. The van der Waals surface area contributed by atoms with Crippen molar-refractivity contribution in [1.82, 2.24) is 20.3 Å². The predicted octanol–water partition coefficient (Wildman–Crippen LogP) is 3.18. The molecule has 0 aliphatic carbocycles. The quantitative estimate of drug-likeness (QED) is 0.668. The molecular weight excluding hydrogens is 328 g/mol. The lowest BCUT2D eigenvalue weighted by Gasteiger charge is -2.05. The molecule has 0 unspecified atom stereocenters. The van der Waals surface area contributed by atoms with Crippen LogP contribution in [-0.4, -0.2) is 33.2 Å². The summed E-state index contributed by atoms with van der Waals surface area (Å²) in [5.74, 6) is 1.83. The third-order valence-corrected chi connectivity index (χ3v) is 5.22. The lowest BCUT2D eigenvalue weighted by Crippen LogP contribution is -2.25. The Hall–Kier alpha value is -1.86. The Bertz CT molecular complexity index is 783. The molecule has 7 heteroatoms. The highest BCUT2D eigenvalue weighted by atomic mass is 32.2. The van der Waals surface area contributed by atoms with E-state index in [2.05, 4.69) is 32.5 Å². The van der Waals surface area contributed by atoms with Gasteiger partial charge in [0.2, 0.25) is 0 Å². The molecule has 120 valence electrons. The topological polar surface area (TPSA) is 59.8 Å². The minimum absolute atomic E-state index is 0.0610. The molecule has 0 spiro atoms. The van der Waals surface area contributed by atoms with Crippen LogP contribution in [-0.2, 0) is 12.3 Å². The monoisotopic (exact) mass is 346 g/mol. The number of rotatable bonds is 7. The fourth-order valence-corrected chi connectivity index (χ4v) is 3.83. The van der Waals surface area contributed by atoms with Gasteiger partial charge in [-0.05, 0) is 47.5 Å². The van der Waals surface area contributed by atoms with Crippen LogP contribution < -0.4 is 5.32 Å². The van der Waals surface area contributed by atoms with Crippen LogP contribution in [0.3, 0.4) is 0 Å². The molecule has 3 aromatic rings. The van der Waals surface area contributed by atoms with Crippen molar-refractivity contribution in [2.24, 2.45) is 0 Å². The number of aromatic nitrogens is 3. The van der Waals surface area contributed by atoms with E-state index in [0.717, 1.165) is 29.1 Å². The van der Waals surface area contributed by atoms with E-state index in [0.29, 0.717) is 12.1 Å². The highest BCUT2D eigenvalue weighted by Gasteiger charge is 2.09. The number of aryl methyl sites for hydroxylation is 1. The van der Waals surface area contributed by atoms with Crippen LogP contribution in [0.5, 0.6) is 0 Å². The number of nitrogens with one attached hydrogen (secondary N) is 1. The molecule has 0 saturated carbocycles. The van der Waals surface area contributed by atoms with Gasteiger partial charge in [-0.25, -0.2) is 4.68 Å². The van der Waals surface area contributed by atoms with Crippen molar-refractivity contribution < 1.29 is 4.79 Å². The first kappa shape index (κ1) is 16.0. The Morgan fingerprint density at radius 1 is 1.39 bits per heavy atom. The molecule has 1 amide bonds. The van der Waals surface area contributed by atoms with Crippen LogP contribution in [0.25, 0.3) is 11.0 Å². The SMILES string of the molecule is CCn1nnc2cc(C(=O)NCCSCc3ccsc3)ccc21. The molecule has 5 nitrogen and oxygen atoms in total. The number of hydrogen-bond donors (Lipinski definition) is 1. The van der Waals surface area contributed by atoms with E-state index < -0.39 is 0 Å². The second-order valence-corrected chi connectivity index (χ2v) is 6.93. The summed E-state index contributed by atoms with van der Waals surface area (Å²) < 4.78 is 1.82. The van der Waals surface area contributed by atoms with Crippen molar-refractivity contribution in [1.29, 1.82) is 0 Å². The molecule has 3 rings (SSSR count).